The van der Waals surface area contributed by atoms with E-state index in [0.717, 1.165) is 28.2 Å². The van der Waals surface area contributed by atoms with Crippen molar-refractivity contribution in [1.82, 2.24) is 19.7 Å². The maximum absolute atomic E-state index is 4.47. The van der Waals surface area contributed by atoms with E-state index in [0.29, 0.717) is 6.04 Å². The molecule has 0 fully saturated rings. The van der Waals surface area contributed by atoms with Crippen LogP contribution in [-0.4, -0.2) is 20.9 Å². The zero-order valence-corrected chi connectivity index (χ0v) is 13.0. The minimum Gasteiger partial charge on any atom is -0.310 e. The summed E-state index contributed by atoms with van der Waals surface area (Å²) in [5.74, 6) is 0.821. The Balaban J connectivity index is 2.16. The molecule has 0 aliphatic heterocycles. The first kappa shape index (κ1) is 14.4. The number of nitrogens with zero attached hydrogens (tertiary/aromatic N) is 3. The summed E-state index contributed by atoms with van der Waals surface area (Å²) in [6.07, 6.45) is 2.95. The molecule has 0 aliphatic rings. The van der Waals surface area contributed by atoms with Gasteiger partial charge in [-0.15, -0.1) is 0 Å². The molecule has 0 saturated carbocycles. The first-order valence-electron chi connectivity index (χ1n) is 6.37. The number of hydrogen-bond acceptors (Lipinski definition) is 6. The van der Waals surface area contributed by atoms with Crippen LogP contribution in [0.25, 0.3) is 0 Å². The first-order chi connectivity index (χ1) is 9.20. The van der Waals surface area contributed by atoms with Gasteiger partial charge in [-0.1, -0.05) is 13.0 Å². The average Bonchev–Trinajstić information content (AvgIpc) is 2.82. The van der Waals surface area contributed by atoms with Gasteiger partial charge in [-0.2, -0.15) is 4.37 Å². The fourth-order valence-electron chi connectivity index (χ4n) is 1.69. The molecule has 0 radical (unpaired) electrons. The second-order valence-electron chi connectivity index (χ2n) is 4.28. The van der Waals surface area contributed by atoms with Crippen LogP contribution >= 0.6 is 23.3 Å². The van der Waals surface area contributed by atoms with Crippen LogP contribution in [0.4, 0.5) is 0 Å². The predicted molar refractivity (Wildman–Crippen MR) is 79.7 cm³/mol. The molecule has 0 spiro atoms. The summed E-state index contributed by atoms with van der Waals surface area (Å²) in [5.41, 5.74) is 1.22. The second-order valence-corrected chi connectivity index (χ2v) is 6.27. The highest BCUT2D eigenvalue weighted by Crippen LogP contribution is 2.32. The van der Waals surface area contributed by atoms with Crippen molar-refractivity contribution in [3.63, 3.8) is 0 Å². The van der Waals surface area contributed by atoms with Crippen LogP contribution in [0.3, 0.4) is 0 Å². The van der Waals surface area contributed by atoms with Crippen molar-refractivity contribution in [2.45, 2.75) is 42.6 Å². The minimum atomic E-state index is 0.296. The van der Waals surface area contributed by atoms with E-state index in [2.05, 4.69) is 39.6 Å². The third-order valence-corrected chi connectivity index (χ3v) is 4.54. The fraction of sp³-hybridized carbons (Fsp3) is 0.462. The summed E-state index contributed by atoms with van der Waals surface area (Å²) in [6.45, 7) is 7.26. The van der Waals surface area contributed by atoms with Gasteiger partial charge >= 0.3 is 0 Å². The number of hydrogen-bond donors (Lipinski definition) is 1. The normalized spacial score (nSPS) is 12.6. The van der Waals surface area contributed by atoms with Gasteiger partial charge in [0, 0.05) is 17.8 Å². The largest absolute Gasteiger partial charge is 0.310 e. The number of pyridine rings is 1. The Labute approximate surface area is 122 Å². The van der Waals surface area contributed by atoms with E-state index in [-0.39, 0.29) is 0 Å². The quantitative estimate of drug-likeness (QED) is 0.884. The lowest BCUT2D eigenvalue weighted by Crippen LogP contribution is -2.20. The SMILES string of the molecule is CCCNC(C)c1cccnc1Sc1nc(C)ns1. The summed E-state index contributed by atoms with van der Waals surface area (Å²) in [4.78, 5) is 8.85. The molecule has 19 heavy (non-hydrogen) atoms. The molecule has 0 saturated heterocycles. The Kier molecular flexibility index (Phi) is 5.30. The fourth-order valence-corrected chi connectivity index (χ4v) is 3.43. The molecule has 2 aromatic heterocycles. The highest BCUT2D eigenvalue weighted by Gasteiger charge is 2.13. The van der Waals surface area contributed by atoms with Gasteiger partial charge < -0.3 is 5.32 Å². The summed E-state index contributed by atoms with van der Waals surface area (Å²) < 4.78 is 5.15. The van der Waals surface area contributed by atoms with Crippen molar-refractivity contribution in [2.75, 3.05) is 6.54 Å². The molecule has 6 heteroatoms. The van der Waals surface area contributed by atoms with E-state index in [4.69, 9.17) is 0 Å². The number of aromatic nitrogens is 3. The molecule has 1 atom stereocenters. The molecule has 0 bridgehead atoms. The topological polar surface area (TPSA) is 50.7 Å². The van der Waals surface area contributed by atoms with Crippen LogP contribution in [-0.2, 0) is 0 Å². The molecule has 2 rings (SSSR count). The van der Waals surface area contributed by atoms with Gasteiger partial charge in [0.15, 0.2) is 4.34 Å². The summed E-state index contributed by atoms with van der Waals surface area (Å²) in [5, 5.41) is 4.50. The van der Waals surface area contributed by atoms with Crippen LogP contribution in [0.2, 0.25) is 0 Å². The van der Waals surface area contributed by atoms with Crippen molar-refractivity contribution < 1.29 is 0 Å². The molecule has 2 aromatic rings. The highest BCUT2D eigenvalue weighted by molar-refractivity contribution is 8.00. The van der Waals surface area contributed by atoms with Crippen LogP contribution in [0.1, 0.15) is 37.7 Å². The lowest BCUT2D eigenvalue weighted by atomic mass is 10.1. The molecular weight excluding hydrogens is 276 g/mol. The first-order valence-corrected chi connectivity index (χ1v) is 7.96. The third-order valence-electron chi connectivity index (χ3n) is 2.66. The molecule has 0 aromatic carbocycles. The maximum Gasteiger partial charge on any atom is 0.176 e. The molecule has 0 aliphatic carbocycles. The summed E-state index contributed by atoms with van der Waals surface area (Å²) >= 11 is 3.01. The van der Waals surface area contributed by atoms with Crippen molar-refractivity contribution >= 4 is 23.3 Å². The van der Waals surface area contributed by atoms with E-state index < -0.39 is 0 Å². The van der Waals surface area contributed by atoms with Crippen LogP contribution in [0.5, 0.6) is 0 Å². The molecular formula is C13H18N4S2. The zero-order valence-electron chi connectivity index (χ0n) is 11.4. The van der Waals surface area contributed by atoms with Gasteiger partial charge in [-0.25, -0.2) is 9.97 Å². The Morgan fingerprint density at radius 3 is 3.00 bits per heavy atom. The molecule has 1 N–H and O–H groups in total. The average molecular weight is 294 g/mol. The van der Waals surface area contributed by atoms with Crippen molar-refractivity contribution in [2.24, 2.45) is 0 Å². The summed E-state index contributed by atoms with van der Waals surface area (Å²) in [6, 6.07) is 4.40. The number of rotatable bonds is 6. The van der Waals surface area contributed by atoms with Gasteiger partial charge in [-0.3, -0.25) is 0 Å². The van der Waals surface area contributed by atoms with Crippen molar-refractivity contribution in [1.29, 1.82) is 0 Å². The van der Waals surface area contributed by atoms with Crippen molar-refractivity contribution in [3.05, 3.63) is 29.7 Å². The molecule has 2 heterocycles. The van der Waals surface area contributed by atoms with E-state index >= 15 is 0 Å². The van der Waals surface area contributed by atoms with Gasteiger partial charge in [-0.05, 0) is 56.2 Å². The summed E-state index contributed by atoms with van der Waals surface area (Å²) in [7, 11) is 0. The van der Waals surface area contributed by atoms with E-state index in [1.165, 1.54) is 17.1 Å². The third kappa shape index (κ3) is 3.99. The van der Waals surface area contributed by atoms with Crippen LogP contribution in [0.15, 0.2) is 27.7 Å². The molecule has 102 valence electrons. The lowest BCUT2D eigenvalue weighted by Gasteiger charge is -2.15. The molecule has 4 nitrogen and oxygen atoms in total. The minimum absolute atomic E-state index is 0.296. The number of aryl methyl sites for hydroxylation is 1. The highest BCUT2D eigenvalue weighted by atomic mass is 32.2. The lowest BCUT2D eigenvalue weighted by molar-refractivity contribution is 0.560. The second kappa shape index (κ2) is 6.98. The Hall–Kier alpha value is -0.980. The predicted octanol–water partition coefficient (Wildman–Crippen LogP) is 3.45. The Morgan fingerprint density at radius 2 is 2.32 bits per heavy atom. The van der Waals surface area contributed by atoms with Gasteiger partial charge in [0.1, 0.15) is 10.9 Å². The van der Waals surface area contributed by atoms with E-state index in [1.807, 2.05) is 19.2 Å². The smallest absolute Gasteiger partial charge is 0.176 e. The van der Waals surface area contributed by atoms with Crippen molar-refractivity contribution in [3.8, 4) is 0 Å². The Bertz CT molecular complexity index is 527. The van der Waals surface area contributed by atoms with Gasteiger partial charge in [0.2, 0.25) is 0 Å². The Morgan fingerprint density at radius 1 is 1.47 bits per heavy atom. The van der Waals surface area contributed by atoms with Crippen LogP contribution < -0.4 is 5.32 Å². The van der Waals surface area contributed by atoms with Crippen LogP contribution in [0, 0.1) is 6.92 Å². The standard InChI is InChI=1S/C13H18N4S2/c1-4-7-14-9(2)11-6-5-8-15-12(11)18-13-16-10(3)17-19-13/h5-6,8-9,14H,4,7H2,1-3H3. The van der Waals surface area contributed by atoms with E-state index in [1.54, 1.807) is 11.8 Å². The molecule has 1 unspecified atom stereocenters. The zero-order chi connectivity index (χ0) is 13.7. The molecule has 0 amide bonds. The van der Waals surface area contributed by atoms with Gasteiger partial charge in [0.05, 0.1) is 0 Å². The van der Waals surface area contributed by atoms with E-state index in [9.17, 15) is 0 Å². The number of nitrogens with one attached hydrogen (secondary N) is 1. The maximum atomic E-state index is 4.47. The van der Waals surface area contributed by atoms with Gasteiger partial charge in [0.25, 0.3) is 0 Å². The monoisotopic (exact) mass is 294 g/mol.